The van der Waals surface area contributed by atoms with Crippen LogP contribution in [0.15, 0.2) is 82.9 Å². The maximum Gasteiger partial charge on any atom is 0.270 e. The Labute approximate surface area is 176 Å². The van der Waals surface area contributed by atoms with Gasteiger partial charge in [-0.2, -0.15) is 5.10 Å². The van der Waals surface area contributed by atoms with Gasteiger partial charge >= 0.3 is 0 Å². The van der Waals surface area contributed by atoms with E-state index in [1.165, 1.54) is 29.7 Å². The molecule has 0 unspecified atom stereocenters. The number of thiazole rings is 1. The Kier molecular flexibility index (Phi) is 5.58. The molecule has 0 bridgehead atoms. The molecule has 3 aromatic carbocycles. The van der Waals surface area contributed by atoms with Crippen molar-refractivity contribution in [2.45, 2.75) is 6.92 Å². The van der Waals surface area contributed by atoms with E-state index in [0.717, 1.165) is 21.5 Å². The molecule has 0 radical (unpaired) electrons. The molecule has 0 aliphatic rings. The number of para-hydroxylation sites is 1. The van der Waals surface area contributed by atoms with E-state index in [0.29, 0.717) is 16.4 Å². The molecule has 4 rings (SSSR count). The molecule has 1 aromatic heterocycles. The molecular formula is C22H17N5O2S. The molecule has 0 fully saturated rings. The van der Waals surface area contributed by atoms with E-state index in [1.54, 1.807) is 12.1 Å². The lowest BCUT2D eigenvalue weighted by atomic mass is 10.2. The number of aliphatic imine (C=N–C) groups is 1. The third kappa shape index (κ3) is 4.56. The van der Waals surface area contributed by atoms with Crippen LogP contribution in [0, 0.1) is 17.0 Å². The molecule has 148 valence electrons. The van der Waals surface area contributed by atoms with Gasteiger partial charge in [0, 0.05) is 17.7 Å². The van der Waals surface area contributed by atoms with Crippen molar-refractivity contribution in [3.8, 4) is 0 Å². The van der Waals surface area contributed by atoms with Gasteiger partial charge in [-0.15, -0.1) is 11.3 Å². The maximum absolute atomic E-state index is 11.0. The molecule has 0 saturated heterocycles. The number of nitro groups is 1. The van der Waals surface area contributed by atoms with Gasteiger partial charge in [0.15, 0.2) is 10.8 Å². The Morgan fingerprint density at radius 3 is 2.67 bits per heavy atom. The Hall–Kier alpha value is -3.91. The van der Waals surface area contributed by atoms with Crippen molar-refractivity contribution in [1.29, 1.82) is 0 Å². The summed E-state index contributed by atoms with van der Waals surface area (Å²) in [5.41, 5.74) is 6.38. The van der Waals surface area contributed by atoms with Gasteiger partial charge in [-0.25, -0.2) is 9.98 Å². The lowest BCUT2D eigenvalue weighted by molar-refractivity contribution is -0.384. The van der Waals surface area contributed by atoms with Crippen LogP contribution in [0.4, 0.5) is 11.4 Å². The second kappa shape index (κ2) is 8.62. The quantitative estimate of drug-likeness (QED) is 0.209. The summed E-state index contributed by atoms with van der Waals surface area (Å²) >= 11 is 1.51. The standard InChI is InChI=1S/C22H17N5O2S/c1-15-9-11-17(12-10-15)24-21(22-25-19-7-2-3-8-20(19)30-22)26-23-14-16-5-4-6-18(13-16)27(28)29/h2-14H,1H3,(H,24,26)/b23-14+. The fraction of sp³-hybridized carbons (Fsp3) is 0.0455. The minimum atomic E-state index is -0.434. The van der Waals surface area contributed by atoms with Gasteiger partial charge in [0.1, 0.15) is 0 Å². The van der Waals surface area contributed by atoms with Gasteiger partial charge in [-0.05, 0) is 31.2 Å². The van der Waals surface area contributed by atoms with Crippen LogP contribution in [-0.2, 0) is 0 Å². The fourth-order valence-corrected chi connectivity index (χ4v) is 3.63. The monoisotopic (exact) mass is 415 g/mol. The highest BCUT2D eigenvalue weighted by atomic mass is 32.1. The number of hydrazone groups is 1. The minimum absolute atomic E-state index is 0.0127. The van der Waals surface area contributed by atoms with Crippen LogP contribution in [-0.4, -0.2) is 22.0 Å². The van der Waals surface area contributed by atoms with Gasteiger partial charge in [-0.3, -0.25) is 15.5 Å². The number of nitrogens with zero attached hydrogens (tertiary/aromatic N) is 4. The van der Waals surface area contributed by atoms with E-state index in [9.17, 15) is 10.1 Å². The molecule has 0 spiro atoms. The summed E-state index contributed by atoms with van der Waals surface area (Å²) in [6, 6.07) is 21.9. The van der Waals surface area contributed by atoms with E-state index < -0.39 is 4.92 Å². The molecule has 0 saturated carbocycles. The predicted molar refractivity (Wildman–Crippen MR) is 121 cm³/mol. The Morgan fingerprint density at radius 2 is 1.90 bits per heavy atom. The zero-order chi connectivity index (χ0) is 20.9. The van der Waals surface area contributed by atoms with Crippen LogP contribution in [0.2, 0.25) is 0 Å². The van der Waals surface area contributed by atoms with Crippen LogP contribution in [0.3, 0.4) is 0 Å². The normalized spacial score (nSPS) is 11.8. The number of aryl methyl sites for hydroxylation is 1. The molecule has 0 amide bonds. The van der Waals surface area contributed by atoms with E-state index in [4.69, 9.17) is 0 Å². The summed E-state index contributed by atoms with van der Waals surface area (Å²) in [7, 11) is 0. The maximum atomic E-state index is 11.0. The summed E-state index contributed by atoms with van der Waals surface area (Å²) < 4.78 is 1.05. The first-order chi connectivity index (χ1) is 14.6. The van der Waals surface area contributed by atoms with E-state index in [1.807, 2.05) is 55.5 Å². The van der Waals surface area contributed by atoms with Crippen molar-refractivity contribution < 1.29 is 4.92 Å². The van der Waals surface area contributed by atoms with E-state index >= 15 is 0 Å². The van der Waals surface area contributed by atoms with Crippen LogP contribution < -0.4 is 5.43 Å². The zero-order valence-electron chi connectivity index (χ0n) is 16.0. The summed E-state index contributed by atoms with van der Waals surface area (Å²) in [6.45, 7) is 2.02. The molecule has 0 atom stereocenters. The lowest BCUT2D eigenvalue weighted by Crippen LogP contribution is -2.18. The second-order valence-corrected chi connectivity index (χ2v) is 7.54. The number of fused-ring (bicyclic) bond motifs is 1. The molecule has 4 aromatic rings. The first-order valence-corrected chi connectivity index (χ1v) is 9.95. The number of non-ortho nitro benzene ring substituents is 1. The Balaban J connectivity index is 1.65. The summed E-state index contributed by atoms with van der Waals surface area (Å²) in [4.78, 5) is 19.8. The number of hydrogen-bond acceptors (Lipinski definition) is 6. The first-order valence-electron chi connectivity index (χ1n) is 9.13. The number of hydrogen-bond donors (Lipinski definition) is 1. The minimum Gasteiger partial charge on any atom is -0.259 e. The lowest BCUT2D eigenvalue weighted by Gasteiger charge is -2.03. The van der Waals surface area contributed by atoms with Crippen molar-refractivity contribution in [2.24, 2.45) is 10.1 Å². The molecule has 0 aliphatic carbocycles. The van der Waals surface area contributed by atoms with Crippen LogP contribution in [0.5, 0.6) is 0 Å². The number of rotatable bonds is 5. The third-order valence-corrected chi connectivity index (χ3v) is 5.28. The van der Waals surface area contributed by atoms with E-state index in [2.05, 4.69) is 20.5 Å². The molecule has 30 heavy (non-hydrogen) atoms. The van der Waals surface area contributed by atoms with Crippen LogP contribution in [0.1, 0.15) is 16.1 Å². The fourth-order valence-electron chi connectivity index (χ4n) is 2.73. The smallest absolute Gasteiger partial charge is 0.259 e. The average molecular weight is 415 g/mol. The first kappa shape index (κ1) is 19.4. The van der Waals surface area contributed by atoms with Crippen molar-refractivity contribution >= 4 is 45.0 Å². The van der Waals surface area contributed by atoms with Crippen LogP contribution in [0.25, 0.3) is 10.2 Å². The highest BCUT2D eigenvalue weighted by Crippen LogP contribution is 2.23. The largest absolute Gasteiger partial charge is 0.270 e. The van der Waals surface area contributed by atoms with Gasteiger partial charge in [0.05, 0.1) is 27.0 Å². The van der Waals surface area contributed by atoms with Crippen molar-refractivity contribution in [1.82, 2.24) is 10.4 Å². The SMILES string of the molecule is Cc1ccc(N=C(N/N=C/c2cccc([N+](=O)[O-])c2)c2nc3ccccc3s2)cc1. The summed E-state index contributed by atoms with van der Waals surface area (Å²) in [5, 5.41) is 15.9. The predicted octanol–water partition coefficient (Wildman–Crippen LogP) is 5.21. The second-order valence-electron chi connectivity index (χ2n) is 6.50. The van der Waals surface area contributed by atoms with Gasteiger partial charge in [-0.1, -0.05) is 42.0 Å². The van der Waals surface area contributed by atoms with Crippen molar-refractivity contribution in [3.05, 3.63) is 99.0 Å². The van der Waals surface area contributed by atoms with E-state index in [-0.39, 0.29) is 5.69 Å². The van der Waals surface area contributed by atoms with Gasteiger partial charge in [0.2, 0.25) is 0 Å². The average Bonchev–Trinajstić information content (AvgIpc) is 3.19. The van der Waals surface area contributed by atoms with Crippen molar-refractivity contribution in [2.75, 3.05) is 0 Å². The zero-order valence-corrected chi connectivity index (χ0v) is 16.8. The molecule has 1 N–H and O–H groups in total. The van der Waals surface area contributed by atoms with Gasteiger partial charge in [0.25, 0.3) is 5.69 Å². The number of benzene rings is 3. The highest BCUT2D eigenvalue weighted by Gasteiger charge is 2.11. The summed E-state index contributed by atoms with van der Waals surface area (Å²) in [5.74, 6) is 0.502. The molecule has 1 heterocycles. The van der Waals surface area contributed by atoms with Crippen molar-refractivity contribution in [3.63, 3.8) is 0 Å². The number of aromatic nitrogens is 1. The summed E-state index contributed by atoms with van der Waals surface area (Å²) in [6.07, 6.45) is 1.52. The Morgan fingerprint density at radius 1 is 1.10 bits per heavy atom. The topological polar surface area (TPSA) is 92.8 Å². The number of nitrogens with one attached hydrogen (secondary N) is 1. The Bertz CT molecular complexity index is 1230. The van der Waals surface area contributed by atoms with Gasteiger partial charge < -0.3 is 0 Å². The molecule has 8 heteroatoms. The molecular weight excluding hydrogens is 398 g/mol. The molecule has 7 nitrogen and oxygen atoms in total. The number of nitro benzene ring substituents is 1. The van der Waals surface area contributed by atoms with Crippen LogP contribution >= 0.6 is 11.3 Å². The number of amidine groups is 1. The molecule has 0 aliphatic heterocycles. The highest BCUT2D eigenvalue weighted by molar-refractivity contribution is 7.20. The third-order valence-electron chi connectivity index (χ3n) is 4.24.